The SMILES string of the molecule is C[C@]1(O)CC2(CCN(C(=O)[C@@H](N)Cc3ccc(O)cc3)CC2)OC[C@@H]1n1ccc(=O)[nH]c1=O. The van der Waals surface area contributed by atoms with E-state index in [-0.39, 0.29) is 18.3 Å². The average molecular weight is 459 g/mol. The van der Waals surface area contributed by atoms with Gasteiger partial charge in [0.2, 0.25) is 5.91 Å². The number of benzene rings is 1. The molecule has 1 spiro atoms. The van der Waals surface area contributed by atoms with Gasteiger partial charge in [-0.2, -0.15) is 0 Å². The first-order chi connectivity index (χ1) is 15.6. The molecule has 0 unspecified atom stereocenters. The Morgan fingerprint density at radius 2 is 1.91 bits per heavy atom. The summed E-state index contributed by atoms with van der Waals surface area (Å²) in [5.74, 6) is 0.0224. The molecule has 3 heterocycles. The number of aromatic hydroxyl groups is 1. The van der Waals surface area contributed by atoms with Crippen molar-refractivity contribution in [2.45, 2.75) is 55.9 Å². The topological polar surface area (TPSA) is 151 Å². The van der Waals surface area contributed by atoms with Gasteiger partial charge < -0.3 is 25.6 Å². The van der Waals surface area contributed by atoms with Gasteiger partial charge in [-0.05, 0) is 43.9 Å². The lowest BCUT2D eigenvalue weighted by Gasteiger charge is -2.51. The smallest absolute Gasteiger partial charge is 0.328 e. The third-order valence-electron chi connectivity index (χ3n) is 6.83. The van der Waals surface area contributed by atoms with E-state index in [1.165, 1.54) is 16.8 Å². The van der Waals surface area contributed by atoms with Crippen molar-refractivity contribution in [2.75, 3.05) is 19.7 Å². The van der Waals surface area contributed by atoms with Crippen molar-refractivity contribution in [3.05, 3.63) is 62.9 Å². The Morgan fingerprint density at radius 1 is 1.24 bits per heavy atom. The molecular formula is C23H30N4O6. The highest BCUT2D eigenvalue weighted by Gasteiger charge is 2.50. The molecule has 0 saturated carbocycles. The van der Waals surface area contributed by atoms with Gasteiger partial charge in [-0.25, -0.2) is 4.79 Å². The minimum absolute atomic E-state index is 0.118. The van der Waals surface area contributed by atoms with Gasteiger partial charge in [0, 0.05) is 31.8 Å². The lowest BCUT2D eigenvalue weighted by molar-refractivity contribution is -0.198. The number of H-pyrrole nitrogens is 1. The van der Waals surface area contributed by atoms with Crippen LogP contribution in [0.4, 0.5) is 0 Å². The van der Waals surface area contributed by atoms with Crippen molar-refractivity contribution in [3.63, 3.8) is 0 Å². The van der Waals surface area contributed by atoms with Crippen LogP contribution in [0, 0.1) is 0 Å². The molecular weight excluding hydrogens is 428 g/mol. The highest BCUT2D eigenvalue weighted by atomic mass is 16.5. The van der Waals surface area contributed by atoms with Crippen LogP contribution < -0.4 is 17.0 Å². The molecule has 2 fully saturated rings. The molecule has 0 bridgehead atoms. The molecule has 33 heavy (non-hydrogen) atoms. The number of rotatable bonds is 4. The summed E-state index contributed by atoms with van der Waals surface area (Å²) in [6.45, 7) is 2.71. The van der Waals surface area contributed by atoms with Crippen LogP contribution in [0.2, 0.25) is 0 Å². The number of likely N-dealkylation sites (tertiary alicyclic amines) is 1. The van der Waals surface area contributed by atoms with E-state index in [0.29, 0.717) is 38.8 Å². The third kappa shape index (κ3) is 4.87. The molecule has 2 aromatic rings. The number of aromatic amines is 1. The molecule has 1 aromatic carbocycles. The lowest BCUT2D eigenvalue weighted by atomic mass is 9.75. The van der Waals surface area contributed by atoms with Gasteiger partial charge in [0.15, 0.2) is 0 Å². The summed E-state index contributed by atoms with van der Waals surface area (Å²) in [4.78, 5) is 40.4. The number of aromatic nitrogens is 2. The second-order valence-electron chi connectivity index (χ2n) is 9.36. The first-order valence-electron chi connectivity index (χ1n) is 11.1. The number of piperidine rings is 1. The fourth-order valence-electron chi connectivity index (χ4n) is 4.97. The highest BCUT2D eigenvalue weighted by molar-refractivity contribution is 5.82. The van der Waals surface area contributed by atoms with Crippen LogP contribution in [-0.2, 0) is 16.0 Å². The number of carbonyl (C=O) groups excluding carboxylic acids is 1. The van der Waals surface area contributed by atoms with E-state index < -0.39 is 34.5 Å². The number of amides is 1. The molecule has 2 aliphatic rings. The zero-order valence-electron chi connectivity index (χ0n) is 18.6. The van der Waals surface area contributed by atoms with Crippen LogP contribution in [0.5, 0.6) is 5.75 Å². The third-order valence-corrected chi connectivity index (χ3v) is 6.83. The molecule has 10 nitrogen and oxygen atoms in total. The Balaban J connectivity index is 1.38. The number of hydrogen-bond acceptors (Lipinski definition) is 7. The zero-order chi connectivity index (χ0) is 23.8. The Morgan fingerprint density at radius 3 is 2.52 bits per heavy atom. The fourth-order valence-corrected chi connectivity index (χ4v) is 4.97. The van der Waals surface area contributed by atoms with Gasteiger partial charge >= 0.3 is 5.69 Å². The Hall–Kier alpha value is -2.95. The normalized spacial score (nSPS) is 25.7. The summed E-state index contributed by atoms with van der Waals surface area (Å²) >= 11 is 0. The van der Waals surface area contributed by atoms with Gasteiger partial charge in [0.05, 0.1) is 29.9 Å². The number of nitrogens with zero attached hydrogens (tertiary/aromatic N) is 2. The molecule has 2 aliphatic heterocycles. The summed E-state index contributed by atoms with van der Waals surface area (Å²) in [6.07, 6.45) is 3.15. The van der Waals surface area contributed by atoms with Gasteiger partial charge in [0.1, 0.15) is 5.75 Å². The van der Waals surface area contributed by atoms with E-state index in [1.807, 2.05) is 0 Å². The van der Waals surface area contributed by atoms with Crippen LogP contribution in [0.15, 0.2) is 46.1 Å². The summed E-state index contributed by atoms with van der Waals surface area (Å²) in [5.41, 5.74) is 4.12. The van der Waals surface area contributed by atoms with Crippen LogP contribution in [0.3, 0.4) is 0 Å². The van der Waals surface area contributed by atoms with Crippen molar-refractivity contribution in [1.29, 1.82) is 0 Å². The summed E-state index contributed by atoms with van der Waals surface area (Å²) in [7, 11) is 0. The van der Waals surface area contributed by atoms with Crippen LogP contribution in [0.25, 0.3) is 0 Å². The Kier molecular flexibility index (Phi) is 6.17. The Labute approximate surface area is 190 Å². The molecule has 3 atom stereocenters. The number of nitrogens with one attached hydrogen (secondary N) is 1. The van der Waals surface area contributed by atoms with Gasteiger partial charge in [0.25, 0.3) is 5.56 Å². The second kappa shape index (κ2) is 8.77. The first kappa shape index (κ1) is 23.2. The van der Waals surface area contributed by atoms with Crippen molar-refractivity contribution in [3.8, 4) is 5.75 Å². The maximum atomic E-state index is 12.9. The number of aliphatic hydroxyl groups is 1. The number of nitrogens with two attached hydrogens (primary N) is 1. The molecule has 5 N–H and O–H groups in total. The van der Waals surface area contributed by atoms with E-state index in [9.17, 15) is 24.6 Å². The molecule has 0 radical (unpaired) electrons. The fraction of sp³-hybridized carbons (Fsp3) is 0.522. The molecule has 178 valence electrons. The minimum atomic E-state index is -1.23. The summed E-state index contributed by atoms with van der Waals surface area (Å²) in [5, 5.41) is 20.6. The summed E-state index contributed by atoms with van der Waals surface area (Å²) in [6, 6.07) is 6.55. The molecule has 4 rings (SSSR count). The van der Waals surface area contributed by atoms with Crippen molar-refractivity contribution >= 4 is 5.91 Å². The van der Waals surface area contributed by atoms with Crippen molar-refractivity contribution < 1.29 is 19.7 Å². The van der Waals surface area contributed by atoms with Crippen LogP contribution in [-0.4, -0.2) is 67.5 Å². The number of ether oxygens (including phenoxy) is 1. The quantitative estimate of drug-likeness (QED) is 0.499. The van der Waals surface area contributed by atoms with Gasteiger partial charge in [-0.15, -0.1) is 0 Å². The molecule has 0 aliphatic carbocycles. The lowest BCUT2D eigenvalue weighted by Crippen LogP contribution is -2.60. The molecule has 2 saturated heterocycles. The number of phenols is 1. The minimum Gasteiger partial charge on any atom is -0.508 e. The number of carbonyl (C=O) groups is 1. The first-order valence-corrected chi connectivity index (χ1v) is 11.1. The van der Waals surface area contributed by atoms with Crippen LogP contribution >= 0.6 is 0 Å². The van der Waals surface area contributed by atoms with Crippen molar-refractivity contribution in [2.24, 2.45) is 5.73 Å². The van der Waals surface area contributed by atoms with Gasteiger partial charge in [-0.1, -0.05) is 12.1 Å². The number of hydrogen-bond donors (Lipinski definition) is 4. The second-order valence-corrected chi connectivity index (χ2v) is 9.36. The molecule has 10 heteroatoms. The standard InChI is InChI=1S/C23H30N4O6/c1-22(32)14-23(33-13-18(22)27-9-6-19(29)25-21(27)31)7-10-26(11-8-23)20(30)17(24)12-15-2-4-16(28)5-3-15/h2-6,9,17-18,28,32H,7-8,10-14,24H2,1H3,(H,25,29,31)/t17-,18-,22-/m0/s1. The molecule has 1 amide bonds. The largest absolute Gasteiger partial charge is 0.508 e. The summed E-state index contributed by atoms with van der Waals surface area (Å²) < 4.78 is 7.49. The average Bonchev–Trinajstić information content (AvgIpc) is 2.76. The van der Waals surface area contributed by atoms with Crippen molar-refractivity contribution in [1.82, 2.24) is 14.5 Å². The predicted octanol–water partition coefficient (Wildman–Crippen LogP) is -0.114. The van der Waals surface area contributed by atoms with Gasteiger partial charge in [-0.3, -0.25) is 19.1 Å². The maximum absolute atomic E-state index is 12.9. The van der Waals surface area contributed by atoms with E-state index in [2.05, 4.69) is 4.98 Å². The zero-order valence-corrected chi connectivity index (χ0v) is 18.6. The van der Waals surface area contributed by atoms with E-state index in [1.54, 1.807) is 36.1 Å². The van der Waals surface area contributed by atoms with E-state index >= 15 is 0 Å². The predicted molar refractivity (Wildman–Crippen MR) is 120 cm³/mol. The number of phenolic OH excluding ortho intramolecular Hbond substituents is 1. The molecule has 1 aromatic heterocycles. The van der Waals surface area contributed by atoms with E-state index in [4.69, 9.17) is 10.5 Å². The highest BCUT2D eigenvalue weighted by Crippen LogP contribution is 2.43. The van der Waals surface area contributed by atoms with E-state index in [0.717, 1.165) is 5.56 Å². The van der Waals surface area contributed by atoms with Crippen LogP contribution in [0.1, 0.15) is 37.8 Å². The Bertz CT molecular complexity index is 1110. The maximum Gasteiger partial charge on any atom is 0.328 e. The monoisotopic (exact) mass is 458 g/mol.